The Hall–Kier alpha value is -2.38. The van der Waals surface area contributed by atoms with Gasteiger partial charge in [-0.3, -0.25) is 14.4 Å². The number of hydrogen-bond acceptors (Lipinski definition) is 6. The summed E-state index contributed by atoms with van der Waals surface area (Å²) in [6.07, 6.45) is 11.1. The van der Waals surface area contributed by atoms with E-state index in [0.717, 1.165) is 57.8 Å². The monoisotopic (exact) mass is 682 g/mol. The van der Waals surface area contributed by atoms with Gasteiger partial charge in [0, 0.05) is 31.3 Å². The molecule has 0 aromatic carbocycles. The van der Waals surface area contributed by atoms with E-state index in [4.69, 9.17) is 9.47 Å². The fraction of sp³-hybridized carbons (Fsp3) is 0.854. The Kier molecular flexibility index (Phi) is 9.80. The van der Waals surface area contributed by atoms with Crippen LogP contribution in [0, 0.1) is 56.2 Å². The van der Waals surface area contributed by atoms with E-state index < -0.39 is 17.1 Å². The molecular weight excluding hydrogens is 616 g/mol. The minimum atomic E-state index is -0.547. The quantitative estimate of drug-likeness (QED) is 0.207. The number of nitrogens with one attached hydrogen (secondary N) is 2. The van der Waals surface area contributed by atoms with Gasteiger partial charge >= 0.3 is 12.1 Å². The summed E-state index contributed by atoms with van der Waals surface area (Å²) in [6.45, 7) is 24.8. The molecule has 5 aliphatic carbocycles. The van der Waals surface area contributed by atoms with Gasteiger partial charge in [0.2, 0.25) is 5.91 Å². The van der Waals surface area contributed by atoms with Crippen LogP contribution in [0.15, 0.2) is 11.6 Å². The maximum absolute atomic E-state index is 14.7. The van der Waals surface area contributed by atoms with Crippen LogP contribution in [0.1, 0.15) is 140 Å². The average Bonchev–Trinajstić information content (AvgIpc) is 2.96. The van der Waals surface area contributed by atoms with Crippen molar-refractivity contribution in [1.29, 1.82) is 0 Å². The molecule has 4 saturated carbocycles. The fourth-order valence-corrected chi connectivity index (χ4v) is 12.3. The molecule has 2 amide bonds. The molecule has 0 radical (unpaired) electrons. The van der Waals surface area contributed by atoms with E-state index in [-0.39, 0.29) is 44.9 Å². The fourth-order valence-electron chi connectivity index (χ4n) is 12.3. The molecule has 0 aromatic rings. The van der Waals surface area contributed by atoms with Crippen molar-refractivity contribution in [2.45, 2.75) is 146 Å². The number of ketones is 1. The van der Waals surface area contributed by atoms with E-state index in [2.05, 4.69) is 65.2 Å². The minimum Gasteiger partial charge on any atom is -0.466 e. The van der Waals surface area contributed by atoms with E-state index in [9.17, 15) is 19.2 Å². The Morgan fingerprint density at radius 1 is 0.857 bits per heavy atom. The van der Waals surface area contributed by atoms with E-state index in [1.807, 2.05) is 20.8 Å². The molecule has 9 atom stereocenters. The van der Waals surface area contributed by atoms with Crippen LogP contribution in [0.25, 0.3) is 0 Å². The first-order valence-electron chi connectivity index (χ1n) is 19.2. The molecule has 0 saturated heterocycles. The van der Waals surface area contributed by atoms with Crippen LogP contribution in [-0.2, 0) is 23.9 Å². The van der Waals surface area contributed by atoms with Crippen molar-refractivity contribution in [2.75, 3.05) is 19.7 Å². The molecule has 0 bridgehead atoms. The normalized spacial score (nSPS) is 41.1. The Balaban J connectivity index is 1.34. The van der Waals surface area contributed by atoms with Crippen molar-refractivity contribution < 1.29 is 28.7 Å². The molecule has 5 aliphatic rings. The first-order chi connectivity index (χ1) is 22.5. The molecule has 0 aromatic heterocycles. The van der Waals surface area contributed by atoms with Gasteiger partial charge in [-0.05, 0) is 136 Å². The second kappa shape index (κ2) is 12.7. The van der Waals surface area contributed by atoms with Gasteiger partial charge in [0.1, 0.15) is 5.60 Å². The molecule has 276 valence electrons. The average molecular weight is 683 g/mol. The van der Waals surface area contributed by atoms with Gasteiger partial charge in [0.15, 0.2) is 5.78 Å². The maximum Gasteiger partial charge on any atom is 0.407 e. The topological polar surface area (TPSA) is 111 Å². The lowest BCUT2D eigenvalue weighted by atomic mass is 9.34. The first-order valence-corrected chi connectivity index (χ1v) is 19.2. The summed E-state index contributed by atoms with van der Waals surface area (Å²) in [4.78, 5) is 52.3. The van der Waals surface area contributed by atoms with Crippen LogP contribution in [0.2, 0.25) is 0 Å². The van der Waals surface area contributed by atoms with E-state index in [0.29, 0.717) is 49.7 Å². The highest BCUT2D eigenvalue weighted by molar-refractivity contribution is 5.95. The Morgan fingerprint density at radius 3 is 2.16 bits per heavy atom. The lowest BCUT2D eigenvalue weighted by molar-refractivity contribution is -0.186. The van der Waals surface area contributed by atoms with Gasteiger partial charge in [-0.1, -0.05) is 54.0 Å². The number of fused-ring (bicyclic) bond motifs is 7. The van der Waals surface area contributed by atoms with Crippen LogP contribution < -0.4 is 10.6 Å². The van der Waals surface area contributed by atoms with Crippen LogP contribution in [0.4, 0.5) is 4.79 Å². The number of amides is 2. The third kappa shape index (κ3) is 6.49. The maximum atomic E-state index is 14.7. The van der Waals surface area contributed by atoms with Crippen LogP contribution in [0.3, 0.4) is 0 Å². The lowest BCUT2D eigenvalue weighted by Gasteiger charge is -2.69. The van der Waals surface area contributed by atoms with Crippen LogP contribution in [0.5, 0.6) is 0 Å². The summed E-state index contributed by atoms with van der Waals surface area (Å²) in [5.41, 5.74) is -0.241. The van der Waals surface area contributed by atoms with Gasteiger partial charge in [-0.25, -0.2) is 4.79 Å². The summed E-state index contributed by atoms with van der Waals surface area (Å²) in [5.74, 6) is 1.14. The molecule has 0 aliphatic heterocycles. The summed E-state index contributed by atoms with van der Waals surface area (Å²) in [5, 5.41) is 5.97. The summed E-state index contributed by atoms with van der Waals surface area (Å²) in [7, 11) is 0. The minimum absolute atomic E-state index is 0.0260. The van der Waals surface area contributed by atoms with Crippen LogP contribution in [-0.4, -0.2) is 49.1 Å². The molecule has 5 rings (SSSR count). The zero-order valence-corrected chi connectivity index (χ0v) is 32.5. The number of esters is 1. The van der Waals surface area contributed by atoms with Crippen molar-refractivity contribution in [3.63, 3.8) is 0 Å². The molecule has 49 heavy (non-hydrogen) atoms. The Morgan fingerprint density at radius 2 is 1.51 bits per heavy atom. The lowest BCUT2D eigenvalue weighted by Crippen LogP contribution is -2.65. The molecule has 8 nitrogen and oxygen atoms in total. The van der Waals surface area contributed by atoms with Crippen molar-refractivity contribution in [2.24, 2.45) is 56.2 Å². The molecule has 0 spiro atoms. The Labute approximate surface area is 296 Å². The van der Waals surface area contributed by atoms with Crippen molar-refractivity contribution in [3.05, 3.63) is 11.6 Å². The standard InChI is InChI=1S/C41H66N2O6/c1-26(44)48-24-27-13-17-40(10)31(36(27,5)6)15-18-39(9)28-14-16-38(8)20-19-37(7,25-41(38,11)29(28)23-30(45)32(39)40)33(46)42-21-12-22-43-34(47)49-35(2,3)4/h23,27-28,31-32H,12-22,24-25H2,1-11H3,(H,42,46)(H,43,47)/t27-,28?,31+,32+,37+,38+,39+,40+,41?/m1/s1. The number of allylic oxidation sites excluding steroid dienone is 2. The number of ether oxygens (including phenoxy) is 2. The number of alkyl carbamates (subject to hydrolysis) is 1. The van der Waals surface area contributed by atoms with Gasteiger partial charge in [-0.15, -0.1) is 0 Å². The van der Waals surface area contributed by atoms with Crippen molar-refractivity contribution in [1.82, 2.24) is 10.6 Å². The predicted molar refractivity (Wildman–Crippen MR) is 191 cm³/mol. The van der Waals surface area contributed by atoms with Gasteiger partial charge < -0.3 is 20.1 Å². The second-order valence-corrected chi connectivity index (χ2v) is 19.7. The zero-order chi connectivity index (χ0) is 36.4. The molecular formula is C41H66N2O6. The number of hydrogen-bond donors (Lipinski definition) is 2. The van der Waals surface area contributed by atoms with Gasteiger partial charge in [0.05, 0.1) is 6.61 Å². The van der Waals surface area contributed by atoms with Gasteiger partial charge in [0.25, 0.3) is 0 Å². The van der Waals surface area contributed by atoms with E-state index >= 15 is 0 Å². The SMILES string of the molecule is CC(=O)OC[C@H]1CC[C@]2(C)[C@H]3C(=O)C=C4C(CC[C@@]5(C)CC[C@](C)(C(=O)NCCCNC(=O)OC(C)(C)C)CC45C)[C@]3(C)CC[C@H]2C1(C)C. The molecule has 2 N–H and O–H groups in total. The molecule has 4 fully saturated rings. The van der Waals surface area contributed by atoms with Crippen LogP contribution >= 0.6 is 0 Å². The molecule has 0 heterocycles. The van der Waals surface area contributed by atoms with E-state index in [1.54, 1.807) is 0 Å². The third-order valence-electron chi connectivity index (χ3n) is 15.1. The largest absolute Gasteiger partial charge is 0.466 e. The molecule has 8 heteroatoms. The predicted octanol–water partition coefficient (Wildman–Crippen LogP) is 8.18. The Bertz CT molecular complexity index is 1380. The van der Waals surface area contributed by atoms with E-state index in [1.165, 1.54) is 12.5 Å². The van der Waals surface area contributed by atoms with Crippen molar-refractivity contribution in [3.8, 4) is 0 Å². The summed E-state index contributed by atoms with van der Waals surface area (Å²) < 4.78 is 10.9. The smallest absolute Gasteiger partial charge is 0.407 e. The second-order valence-electron chi connectivity index (χ2n) is 19.7. The molecule has 2 unspecified atom stereocenters. The zero-order valence-electron chi connectivity index (χ0n) is 32.5. The highest BCUT2D eigenvalue weighted by atomic mass is 16.6. The number of rotatable bonds is 7. The highest BCUT2D eigenvalue weighted by Crippen LogP contribution is 2.74. The number of carbonyl (C=O) groups excluding carboxylic acids is 4. The van der Waals surface area contributed by atoms with Crippen molar-refractivity contribution >= 4 is 23.8 Å². The third-order valence-corrected chi connectivity index (χ3v) is 15.1. The van der Waals surface area contributed by atoms with Gasteiger partial charge in [-0.2, -0.15) is 0 Å². The summed E-state index contributed by atoms with van der Waals surface area (Å²) >= 11 is 0. The summed E-state index contributed by atoms with van der Waals surface area (Å²) in [6, 6.07) is 0. The first kappa shape index (κ1) is 37.9. The highest BCUT2D eigenvalue weighted by Gasteiger charge is 2.69. The number of carbonyl (C=O) groups is 4.